The number of amides is 1. The van der Waals surface area contributed by atoms with Crippen molar-refractivity contribution in [1.29, 1.82) is 0 Å². The number of pyridine rings is 1. The van der Waals surface area contributed by atoms with Gasteiger partial charge in [0.1, 0.15) is 17.1 Å². The normalized spacial score (nSPS) is 11.6. The Morgan fingerprint density at radius 3 is 2.53 bits per heavy atom. The number of aromatic nitrogens is 3. The topological polar surface area (TPSA) is 68.5 Å². The molecular formula is C20H15F3N4O2S. The van der Waals surface area contributed by atoms with Crippen molar-refractivity contribution >= 4 is 28.0 Å². The van der Waals surface area contributed by atoms with Crippen LogP contribution in [0, 0.1) is 6.92 Å². The molecule has 154 valence electrons. The molecule has 0 aliphatic heterocycles. The van der Waals surface area contributed by atoms with Gasteiger partial charge in [0, 0.05) is 17.1 Å². The van der Waals surface area contributed by atoms with E-state index in [4.69, 9.17) is 4.74 Å². The highest BCUT2D eigenvalue weighted by molar-refractivity contribution is 7.14. The van der Waals surface area contributed by atoms with Crippen LogP contribution in [0.5, 0.6) is 5.75 Å². The molecule has 0 saturated carbocycles. The van der Waals surface area contributed by atoms with E-state index < -0.39 is 17.6 Å². The van der Waals surface area contributed by atoms with Gasteiger partial charge in [0.2, 0.25) is 0 Å². The number of ether oxygens (including phenoxy) is 1. The quantitative estimate of drug-likeness (QED) is 0.490. The fraction of sp³-hybridized carbons (Fsp3) is 0.150. The lowest BCUT2D eigenvalue weighted by molar-refractivity contribution is -0.137. The van der Waals surface area contributed by atoms with Crippen molar-refractivity contribution in [3.05, 3.63) is 64.9 Å². The zero-order valence-electron chi connectivity index (χ0n) is 15.8. The van der Waals surface area contributed by atoms with Gasteiger partial charge < -0.3 is 4.74 Å². The molecule has 30 heavy (non-hydrogen) atoms. The third-order valence-electron chi connectivity index (χ3n) is 4.45. The van der Waals surface area contributed by atoms with Gasteiger partial charge in [-0.2, -0.15) is 13.2 Å². The van der Waals surface area contributed by atoms with E-state index in [1.54, 1.807) is 31.5 Å². The molecule has 0 aliphatic carbocycles. The van der Waals surface area contributed by atoms with Gasteiger partial charge in [-0.15, -0.1) is 11.3 Å². The van der Waals surface area contributed by atoms with E-state index in [0.717, 1.165) is 22.2 Å². The molecule has 3 aromatic heterocycles. The van der Waals surface area contributed by atoms with E-state index >= 15 is 0 Å². The molecule has 0 fully saturated rings. The first-order valence-electron chi connectivity index (χ1n) is 8.73. The third kappa shape index (κ3) is 3.73. The SMILES string of the molecule is COc1ccc(-c2csc(NC(=O)c3c(C)nc4ccc(C(F)(F)F)cn34)n2)cc1. The number of imidazole rings is 1. The Bertz CT molecular complexity index is 1230. The van der Waals surface area contributed by atoms with E-state index in [0.29, 0.717) is 22.3 Å². The number of thiazole rings is 1. The molecule has 4 aromatic rings. The van der Waals surface area contributed by atoms with E-state index in [1.807, 2.05) is 12.1 Å². The summed E-state index contributed by atoms with van der Waals surface area (Å²) in [7, 11) is 1.57. The fourth-order valence-electron chi connectivity index (χ4n) is 2.99. The van der Waals surface area contributed by atoms with Gasteiger partial charge in [0.25, 0.3) is 5.91 Å². The number of alkyl halides is 3. The predicted octanol–water partition coefficient (Wildman–Crippen LogP) is 5.05. The zero-order valence-corrected chi connectivity index (χ0v) is 16.6. The van der Waals surface area contributed by atoms with Crippen LogP contribution >= 0.6 is 11.3 Å². The number of hydrogen-bond acceptors (Lipinski definition) is 5. The number of fused-ring (bicyclic) bond motifs is 1. The molecular weight excluding hydrogens is 417 g/mol. The molecule has 4 rings (SSSR count). The first kappa shape index (κ1) is 19.9. The Balaban J connectivity index is 1.62. The minimum atomic E-state index is -4.53. The van der Waals surface area contributed by atoms with Gasteiger partial charge in [0.05, 0.1) is 24.1 Å². The fourth-order valence-corrected chi connectivity index (χ4v) is 3.70. The number of carbonyl (C=O) groups excluding carboxylic acids is 1. The summed E-state index contributed by atoms with van der Waals surface area (Å²) in [5.41, 5.74) is 1.23. The number of nitrogens with zero attached hydrogens (tertiary/aromatic N) is 3. The Labute approximate surface area is 173 Å². The number of rotatable bonds is 4. The number of aryl methyl sites for hydroxylation is 1. The summed E-state index contributed by atoms with van der Waals surface area (Å²) in [4.78, 5) is 21.4. The van der Waals surface area contributed by atoms with Crippen LogP contribution in [0.4, 0.5) is 18.3 Å². The number of nitrogens with one attached hydrogen (secondary N) is 1. The summed E-state index contributed by atoms with van der Waals surface area (Å²) < 4.78 is 45.5. The van der Waals surface area contributed by atoms with E-state index in [-0.39, 0.29) is 11.3 Å². The standard InChI is InChI=1S/C20H15F3N4O2S/c1-11-17(27-9-13(20(21,22)23)5-8-16(27)24-11)18(28)26-19-25-15(10-30-19)12-3-6-14(29-2)7-4-12/h3-10H,1-2H3,(H,25,26,28). The molecule has 0 bridgehead atoms. The Morgan fingerprint density at radius 1 is 1.13 bits per heavy atom. The van der Waals surface area contributed by atoms with Crippen LogP contribution in [0.3, 0.4) is 0 Å². The number of benzene rings is 1. The molecule has 0 spiro atoms. The maximum absolute atomic E-state index is 13.1. The molecule has 0 atom stereocenters. The summed E-state index contributed by atoms with van der Waals surface area (Å²) in [5.74, 6) is 0.124. The minimum absolute atomic E-state index is 0.0253. The van der Waals surface area contributed by atoms with Crippen molar-refractivity contribution in [2.45, 2.75) is 13.1 Å². The average Bonchev–Trinajstić information content (AvgIpc) is 3.30. The van der Waals surface area contributed by atoms with Crippen molar-refractivity contribution < 1.29 is 22.7 Å². The molecule has 1 amide bonds. The first-order chi connectivity index (χ1) is 14.3. The summed E-state index contributed by atoms with van der Waals surface area (Å²) in [6, 6.07) is 9.45. The van der Waals surface area contributed by atoms with Crippen LogP contribution in [-0.2, 0) is 6.18 Å². The van der Waals surface area contributed by atoms with Gasteiger partial charge in [-0.05, 0) is 43.3 Å². The summed E-state index contributed by atoms with van der Waals surface area (Å²) >= 11 is 1.21. The molecule has 10 heteroatoms. The number of hydrogen-bond donors (Lipinski definition) is 1. The van der Waals surface area contributed by atoms with E-state index in [1.165, 1.54) is 17.4 Å². The smallest absolute Gasteiger partial charge is 0.417 e. The van der Waals surface area contributed by atoms with Crippen molar-refractivity contribution in [3.63, 3.8) is 0 Å². The van der Waals surface area contributed by atoms with Gasteiger partial charge in [0.15, 0.2) is 5.13 Å². The third-order valence-corrected chi connectivity index (χ3v) is 5.20. The minimum Gasteiger partial charge on any atom is -0.497 e. The van der Waals surface area contributed by atoms with E-state index in [9.17, 15) is 18.0 Å². The van der Waals surface area contributed by atoms with Crippen LogP contribution in [0.2, 0.25) is 0 Å². The van der Waals surface area contributed by atoms with E-state index in [2.05, 4.69) is 15.3 Å². The molecule has 6 nitrogen and oxygen atoms in total. The van der Waals surface area contributed by atoms with Crippen molar-refractivity contribution in [2.24, 2.45) is 0 Å². The largest absolute Gasteiger partial charge is 0.497 e. The Hall–Kier alpha value is -3.40. The lowest BCUT2D eigenvalue weighted by Crippen LogP contribution is -2.16. The monoisotopic (exact) mass is 432 g/mol. The van der Waals surface area contributed by atoms with Crippen molar-refractivity contribution in [3.8, 4) is 17.0 Å². The number of methoxy groups -OCH3 is 1. The lowest BCUT2D eigenvalue weighted by Gasteiger charge is -2.08. The van der Waals surface area contributed by atoms with Gasteiger partial charge in [-0.1, -0.05) is 0 Å². The van der Waals surface area contributed by atoms with Gasteiger partial charge in [-0.25, -0.2) is 9.97 Å². The van der Waals surface area contributed by atoms with Crippen LogP contribution in [-0.4, -0.2) is 27.4 Å². The Morgan fingerprint density at radius 2 is 1.87 bits per heavy atom. The van der Waals surface area contributed by atoms with Crippen LogP contribution in [0.1, 0.15) is 21.7 Å². The first-order valence-corrected chi connectivity index (χ1v) is 9.61. The second kappa shape index (κ2) is 7.45. The maximum atomic E-state index is 13.1. The molecule has 0 aliphatic rings. The average molecular weight is 432 g/mol. The van der Waals surface area contributed by atoms with Crippen LogP contribution < -0.4 is 10.1 Å². The second-order valence-electron chi connectivity index (χ2n) is 6.41. The van der Waals surface area contributed by atoms with Crippen LogP contribution in [0.25, 0.3) is 16.9 Å². The number of carbonyl (C=O) groups is 1. The maximum Gasteiger partial charge on any atom is 0.417 e. The van der Waals surface area contributed by atoms with Crippen molar-refractivity contribution in [2.75, 3.05) is 12.4 Å². The summed E-state index contributed by atoms with van der Waals surface area (Å²) in [6.45, 7) is 1.57. The highest BCUT2D eigenvalue weighted by atomic mass is 32.1. The van der Waals surface area contributed by atoms with Gasteiger partial charge >= 0.3 is 6.18 Å². The zero-order chi connectivity index (χ0) is 21.5. The lowest BCUT2D eigenvalue weighted by atomic mass is 10.2. The molecule has 3 heterocycles. The van der Waals surface area contributed by atoms with Crippen LogP contribution in [0.15, 0.2) is 48.0 Å². The molecule has 1 aromatic carbocycles. The highest BCUT2D eigenvalue weighted by Crippen LogP contribution is 2.30. The molecule has 0 saturated heterocycles. The predicted molar refractivity (Wildman–Crippen MR) is 107 cm³/mol. The Kier molecular flexibility index (Phi) is 4.94. The molecule has 0 unspecified atom stereocenters. The molecule has 0 radical (unpaired) electrons. The van der Waals surface area contributed by atoms with Gasteiger partial charge in [-0.3, -0.25) is 14.5 Å². The second-order valence-corrected chi connectivity index (χ2v) is 7.27. The molecule has 1 N–H and O–H groups in total. The summed E-state index contributed by atoms with van der Waals surface area (Å²) in [6.07, 6.45) is -3.66. The van der Waals surface area contributed by atoms with Crippen molar-refractivity contribution in [1.82, 2.24) is 14.4 Å². The number of anilines is 1. The highest BCUT2D eigenvalue weighted by Gasteiger charge is 2.31. The summed E-state index contributed by atoms with van der Waals surface area (Å²) in [5, 5.41) is 4.75. The number of halogens is 3.